The number of hydrogen-bond acceptors (Lipinski definition) is 9. The van der Waals surface area contributed by atoms with E-state index in [1.807, 2.05) is 60.7 Å². The third kappa shape index (κ3) is 6.39. The van der Waals surface area contributed by atoms with Gasteiger partial charge in [0.15, 0.2) is 11.5 Å². The SMILES string of the molecule is COc1cc(/C=C2/SC(=O)N(CC(=O)N3CCN(c4ccccc4)CC3)C2=O)c([N+](=O)[O-])cc1OCc1ccccc1. The second kappa shape index (κ2) is 12.8. The Labute approximate surface area is 246 Å². The number of amides is 3. The van der Waals surface area contributed by atoms with Crippen LogP contribution in [0.15, 0.2) is 77.7 Å². The fraction of sp³-hybridized carbons (Fsp3) is 0.233. The predicted octanol–water partition coefficient (Wildman–Crippen LogP) is 4.57. The van der Waals surface area contributed by atoms with E-state index >= 15 is 0 Å². The number of ether oxygens (including phenoxy) is 2. The van der Waals surface area contributed by atoms with Crippen molar-refractivity contribution in [2.45, 2.75) is 6.61 Å². The number of hydrogen-bond donors (Lipinski definition) is 0. The first-order chi connectivity index (χ1) is 20.3. The molecule has 2 saturated heterocycles. The van der Waals surface area contributed by atoms with E-state index in [4.69, 9.17) is 9.47 Å². The number of carbonyl (C=O) groups is 3. The van der Waals surface area contributed by atoms with Gasteiger partial charge in [-0.3, -0.25) is 29.4 Å². The summed E-state index contributed by atoms with van der Waals surface area (Å²) in [5, 5.41) is 11.3. The number of rotatable bonds is 9. The molecule has 2 aliphatic rings. The van der Waals surface area contributed by atoms with Crippen molar-refractivity contribution < 1.29 is 28.8 Å². The van der Waals surface area contributed by atoms with Crippen LogP contribution in [0.4, 0.5) is 16.2 Å². The van der Waals surface area contributed by atoms with Gasteiger partial charge in [0, 0.05) is 31.9 Å². The summed E-state index contributed by atoms with van der Waals surface area (Å²) >= 11 is 0.633. The van der Waals surface area contributed by atoms with Gasteiger partial charge in [-0.2, -0.15) is 0 Å². The standard InChI is InChI=1S/C30H28N4O7S/c1-40-25-16-22(24(34(38)39)18-26(25)41-20-21-8-4-2-5-9-21)17-27-29(36)33(30(37)42-27)19-28(35)32-14-12-31(13-15-32)23-10-6-3-7-11-23/h2-11,16-18H,12-15,19-20H2,1H3/b27-17+. The monoisotopic (exact) mass is 588 g/mol. The van der Waals surface area contributed by atoms with Gasteiger partial charge >= 0.3 is 0 Å². The Balaban J connectivity index is 1.28. The second-order valence-electron chi connectivity index (χ2n) is 9.56. The lowest BCUT2D eigenvalue weighted by Crippen LogP contribution is -2.51. The van der Waals surface area contributed by atoms with E-state index in [0.29, 0.717) is 37.9 Å². The van der Waals surface area contributed by atoms with E-state index in [0.717, 1.165) is 16.2 Å². The minimum absolute atomic E-state index is 0.0233. The lowest BCUT2D eigenvalue weighted by atomic mass is 10.1. The van der Waals surface area contributed by atoms with Crippen molar-refractivity contribution in [2.75, 3.05) is 44.7 Å². The summed E-state index contributed by atoms with van der Waals surface area (Å²) in [6.07, 6.45) is 1.27. The molecule has 3 aromatic carbocycles. The number of piperazine rings is 1. The van der Waals surface area contributed by atoms with Crippen LogP contribution in [0.3, 0.4) is 0 Å². The molecule has 0 aromatic heterocycles. The zero-order valence-electron chi connectivity index (χ0n) is 22.8. The summed E-state index contributed by atoms with van der Waals surface area (Å²) in [5.41, 5.74) is 1.69. The number of benzene rings is 3. The Hall–Kier alpha value is -4.84. The molecule has 3 aromatic rings. The number of para-hydroxylation sites is 1. The van der Waals surface area contributed by atoms with Crippen molar-refractivity contribution >= 4 is 46.3 Å². The molecule has 12 heteroatoms. The van der Waals surface area contributed by atoms with Crippen LogP contribution in [0.25, 0.3) is 6.08 Å². The number of nitro groups is 1. The first-order valence-electron chi connectivity index (χ1n) is 13.2. The summed E-state index contributed by atoms with van der Waals surface area (Å²) < 4.78 is 11.2. The summed E-state index contributed by atoms with van der Waals surface area (Å²) in [7, 11) is 1.40. The highest BCUT2D eigenvalue weighted by Gasteiger charge is 2.38. The normalized spacial score (nSPS) is 16.2. The fourth-order valence-electron chi connectivity index (χ4n) is 4.71. The maximum atomic E-state index is 13.1. The predicted molar refractivity (Wildman–Crippen MR) is 158 cm³/mol. The Morgan fingerprint density at radius 2 is 1.64 bits per heavy atom. The van der Waals surface area contributed by atoms with E-state index in [9.17, 15) is 24.5 Å². The van der Waals surface area contributed by atoms with Gasteiger partial charge in [-0.15, -0.1) is 0 Å². The molecule has 11 nitrogen and oxygen atoms in total. The molecule has 0 spiro atoms. The number of imide groups is 1. The molecule has 2 aliphatic heterocycles. The van der Waals surface area contributed by atoms with Crippen LogP contribution < -0.4 is 14.4 Å². The lowest BCUT2D eigenvalue weighted by molar-refractivity contribution is -0.385. The number of nitrogens with zero attached hydrogens (tertiary/aromatic N) is 4. The number of carbonyl (C=O) groups excluding carboxylic acids is 3. The molecule has 0 unspecified atom stereocenters. The zero-order valence-corrected chi connectivity index (χ0v) is 23.6. The van der Waals surface area contributed by atoms with E-state index in [2.05, 4.69) is 4.90 Å². The molecule has 2 fully saturated rings. The maximum absolute atomic E-state index is 13.1. The highest BCUT2D eigenvalue weighted by atomic mass is 32.2. The van der Waals surface area contributed by atoms with Crippen LogP contribution in [0.5, 0.6) is 11.5 Å². The summed E-state index contributed by atoms with van der Waals surface area (Å²) in [6.45, 7) is 1.96. The van der Waals surface area contributed by atoms with Crippen LogP contribution in [-0.2, 0) is 16.2 Å². The van der Waals surface area contributed by atoms with Gasteiger partial charge in [0.1, 0.15) is 13.2 Å². The first-order valence-corrected chi connectivity index (χ1v) is 14.0. The number of thioether (sulfide) groups is 1. The second-order valence-corrected chi connectivity index (χ2v) is 10.6. The average Bonchev–Trinajstić information content (AvgIpc) is 3.28. The minimum Gasteiger partial charge on any atom is -0.493 e. The van der Waals surface area contributed by atoms with Gasteiger partial charge in [0.25, 0.3) is 16.8 Å². The van der Waals surface area contributed by atoms with Gasteiger partial charge in [0.2, 0.25) is 5.91 Å². The van der Waals surface area contributed by atoms with Crippen molar-refractivity contribution in [3.63, 3.8) is 0 Å². The van der Waals surface area contributed by atoms with Crippen molar-refractivity contribution in [1.29, 1.82) is 0 Å². The minimum atomic E-state index is -0.682. The van der Waals surface area contributed by atoms with Gasteiger partial charge in [-0.1, -0.05) is 48.5 Å². The molecule has 0 aliphatic carbocycles. The van der Waals surface area contributed by atoms with Gasteiger partial charge in [-0.25, -0.2) is 0 Å². The third-order valence-electron chi connectivity index (χ3n) is 6.95. The molecule has 216 valence electrons. The third-order valence-corrected chi connectivity index (χ3v) is 7.86. The van der Waals surface area contributed by atoms with Gasteiger partial charge < -0.3 is 19.3 Å². The molecule has 0 bridgehead atoms. The van der Waals surface area contributed by atoms with Gasteiger partial charge in [-0.05, 0) is 41.6 Å². The Bertz CT molecular complexity index is 1520. The molecule has 0 saturated carbocycles. The van der Waals surface area contributed by atoms with Crippen LogP contribution >= 0.6 is 11.8 Å². The molecular formula is C30H28N4O7S. The van der Waals surface area contributed by atoms with E-state index in [-0.39, 0.29) is 40.2 Å². The first kappa shape index (κ1) is 28.7. The molecule has 0 atom stereocenters. The van der Waals surface area contributed by atoms with Crippen molar-refractivity contribution in [3.8, 4) is 11.5 Å². The van der Waals surface area contributed by atoms with E-state index in [1.54, 1.807) is 4.90 Å². The Kier molecular flexibility index (Phi) is 8.72. The van der Waals surface area contributed by atoms with Crippen LogP contribution in [0.2, 0.25) is 0 Å². The van der Waals surface area contributed by atoms with Crippen LogP contribution in [0, 0.1) is 10.1 Å². The maximum Gasteiger partial charge on any atom is 0.294 e. The van der Waals surface area contributed by atoms with Gasteiger partial charge in [0.05, 0.1) is 28.6 Å². The average molecular weight is 589 g/mol. The fourth-order valence-corrected chi connectivity index (χ4v) is 5.54. The molecule has 2 heterocycles. The summed E-state index contributed by atoms with van der Waals surface area (Å²) in [6, 6.07) is 21.8. The molecule has 0 N–H and O–H groups in total. The molecular weight excluding hydrogens is 560 g/mol. The Morgan fingerprint density at radius 1 is 0.976 bits per heavy atom. The van der Waals surface area contributed by atoms with E-state index < -0.39 is 22.6 Å². The summed E-state index contributed by atoms with van der Waals surface area (Å²) in [5.74, 6) is -0.624. The van der Waals surface area contributed by atoms with Crippen LogP contribution in [-0.4, -0.2) is 71.6 Å². The number of nitro benzene ring substituents is 1. The van der Waals surface area contributed by atoms with Crippen molar-refractivity contribution in [1.82, 2.24) is 9.80 Å². The van der Waals surface area contributed by atoms with Crippen LogP contribution in [0.1, 0.15) is 11.1 Å². The van der Waals surface area contributed by atoms with Crippen molar-refractivity contribution in [3.05, 3.63) is 98.9 Å². The topological polar surface area (TPSA) is 123 Å². The molecule has 5 rings (SSSR count). The Morgan fingerprint density at radius 3 is 2.29 bits per heavy atom. The quantitative estimate of drug-likeness (QED) is 0.201. The zero-order chi connectivity index (χ0) is 29.6. The number of methoxy groups -OCH3 is 1. The largest absolute Gasteiger partial charge is 0.493 e. The molecule has 3 amide bonds. The lowest BCUT2D eigenvalue weighted by Gasteiger charge is -2.36. The highest BCUT2D eigenvalue weighted by molar-refractivity contribution is 8.18. The highest BCUT2D eigenvalue weighted by Crippen LogP contribution is 2.39. The van der Waals surface area contributed by atoms with Crippen molar-refractivity contribution in [2.24, 2.45) is 0 Å². The molecule has 0 radical (unpaired) electrons. The summed E-state index contributed by atoms with van der Waals surface area (Å²) in [4.78, 5) is 54.9. The number of anilines is 1. The smallest absolute Gasteiger partial charge is 0.294 e. The molecule has 42 heavy (non-hydrogen) atoms. The van der Waals surface area contributed by atoms with E-state index in [1.165, 1.54) is 25.3 Å².